The molecule has 0 bridgehead atoms. The summed E-state index contributed by atoms with van der Waals surface area (Å²) in [5.74, 6) is 0.815. The first-order chi connectivity index (χ1) is 7.84. The number of nitrogens with zero attached hydrogens (tertiary/aromatic N) is 4. The van der Waals surface area contributed by atoms with Gasteiger partial charge < -0.3 is 0 Å². The van der Waals surface area contributed by atoms with Crippen LogP contribution in [0.15, 0.2) is 47.6 Å². The van der Waals surface area contributed by atoms with Crippen LogP contribution in [0.3, 0.4) is 0 Å². The molecule has 0 aliphatic carbocycles. The summed E-state index contributed by atoms with van der Waals surface area (Å²) in [7, 11) is 0. The maximum Gasteiger partial charge on any atom is 0.141 e. The first kappa shape index (κ1) is 9.47. The van der Waals surface area contributed by atoms with Gasteiger partial charge in [-0.2, -0.15) is 0 Å². The molecular weight excluding hydrogens is 268 g/mol. The normalized spacial score (nSPS) is 10.8. The van der Waals surface area contributed by atoms with E-state index in [9.17, 15) is 0 Å². The molecule has 3 aromatic rings. The lowest BCUT2D eigenvalue weighted by molar-refractivity contribution is 0.995. The summed E-state index contributed by atoms with van der Waals surface area (Å²) >= 11 is 3.45. The van der Waals surface area contributed by atoms with E-state index in [1.54, 1.807) is 12.5 Å². The maximum absolute atomic E-state index is 4.32. The summed E-state index contributed by atoms with van der Waals surface area (Å²) in [6.07, 6.45) is 5.00. The van der Waals surface area contributed by atoms with E-state index in [-0.39, 0.29) is 0 Å². The van der Waals surface area contributed by atoms with Crippen molar-refractivity contribution < 1.29 is 0 Å². The van der Waals surface area contributed by atoms with Gasteiger partial charge in [0.25, 0.3) is 0 Å². The molecule has 2 heterocycles. The maximum atomic E-state index is 4.32. The van der Waals surface area contributed by atoms with Crippen LogP contribution in [0.5, 0.6) is 0 Å². The van der Waals surface area contributed by atoms with E-state index in [1.807, 2.05) is 28.8 Å². The van der Waals surface area contributed by atoms with Crippen LogP contribution in [0.25, 0.3) is 16.9 Å². The van der Waals surface area contributed by atoms with Crippen LogP contribution < -0.4 is 0 Å². The summed E-state index contributed by atoms with van der Waals surface area (Å²) in [6, 6.07) is 7.81. The molecule has 0 fully saturated rings. The molecule has 0 saturated carbocycles. The fraction of sp³-hybridized carbons (Fsp3) is 0. The number of imidazole rings is 1. The third kappa shape index (κ3) is 1.49. The quantitative estimate of drug-likeness (QED) is 0.685. The van der Waals surface area contributed by atoms with Gasteiger partial charge in [-0.1, -0.05) is 15.9 Å². The van der Waals surface area contributed by atoms with Crippen molar-refractivity contribution in [3.63, 3.8) is 0 Å². The number of halogens is 1. The molecule has 0 unspecified atom stereocenters. The van der Waals surface area contributed by atoms with Crippen molar-refractivity contribution >= 4 is 27.0 Å². The molecule has 0 radical (unpaired) electrons. The average Bonchev–Trinajstić information content (AvgIpc) is 2.73. The predicted molar refractivity (Wildman–Crippen MR) is 64.4 cm³/mol. The van der Waals surface area contributed by atoms with Gasteiger partial charge in [-0.25, -0.2) is 15.0 Å². The SMILES string of the molecule is Brc1ccc2ncn(-c3ccncn3)c2c1. The Labute approximate surface area is 100 Å². The molecule has 0 N–H and O–H groups in total. The average molecular weight is 275 g/mol. The van der Waals surface area contributed by atoms with Gasteiger partial charge >= 0.3 is 0 Å². The highest BCUT2D eigenvalue weighted by Crippen LogP contribution is 2.20. The van der Waals surface area contributed by atoms with E-state index in [2.05, 4.69) is 30.9 Å². The largest absolute Gasteiger partial charge is 0.283 e. The highest BCUT2D eigenvalue weighted by atomic mass is 79.9. The van der Waals surface area contributed by atoms with Crippen LogP contribution in [0.2, 0.25) is 0 Å². The molecule has 16 heavy (non-hydrogen) atoms. The number of benzene rings is 1. The van der Waals surface area contributed by atoms with Crippen LogP contribution in [0.1, 0.15) is 0 Å². The van der Waals surface area contributed by atoms with Gasteiger partial charge in [-0.15, -0.1) is 0 Å². The minimum atomic E-state index is 0.815. The number of hydrogen-bond donors (Lipinski definition) is 0. The lowest BCUT2D eigenvalue weighted by atomic mass is 10.3. The summed E-state index contributed by atoms with van der Waals surface area (Å²) in [5.41, 5.74) is 1.97. The molecule has 5 heteroatoms. The second-order valence-electron chi connectivity index (χ2n) is 3.32. The molecule has 3 rings (SSSR count). The van der Waals surface area contributed by atoms with E-state index >= 15 is 0 Å². The van der Waals surface area contributed by atoms with E-state index in [1.165, 1.54) is 6.33 Å². The molecule has 0 spiro atoms. The van der Waals surface area contributed by atoms with Crippen LogP contribution in [-0.2, 0) is 0 Å². The zero-order chi connectivity index (χ0) is 11.0. The van der Waals surface area contributed by atoms with Crippen LogP contribution >= 0.6 is 15.9 Å². The van der Waals surface area contributed by atoms with E-state index in [4.69, 9.17) is 0 Å². The molecule has 0 atom stereocenters. The van der Waals surface area contributed by atoms with Crippen LogP contribution in [0, 0.1) is 0 Å². The molecule has 78 valence electrons. The fourth-order valence-electron chi connectivity index (χ4n) is 1.59. The van der Waals surface area contributed by atoms with Gasteiger partial charge in [-0.3, -0.25) is 4.57 Å². The topological polar surface area (TPSA) is 43.6 Å². The minimum Gasteiger partial charge on any atom is -0.283 e. The fourth-order valence-corrected chi connectivity index (χ4v) is 1.94. The van der Waals surface area contributed by atoms with Crippen molar-refractivity contribution in [1.82, 2.24) is 19.5 Å². The smallest absolute Gasteiger partial charge is 0.141 e. The van der Waals surface area contributed by atoms with Gasteiger partial charge in [-0.05, 0) is 24.3 Å². The summed E-state index contributed by atoms with van der Waals surface area (Å²) in [4.78, 5) is 12.4. The van der Waals surface area contributed by atoms with Gasteiger partial charge in [0.2, 0.25) is 0 Å². The Morgan fingerprint density at radius 2 is 2.06 bits per heavy atom. The van der Waals surface area contributed by atoms with E-state index in [0.717, 1.165) is 21.3 Å². The number of aromatic nitrogens is 4. The van der Waals surface area contributed by atoms with Gasteiger partial charge in [0.15, 0.2) is 0 Å². The van der Waals surface area contributed by atoms with Crippen molar-refractivity contribution in [2.75, 3.05) is 0 Å². The molecule has 0 aliphatic rings. The molecule has 0 amide bonds. The van der Waals surface area contributed by atoms with E-state index < -0.39 is 0 Å². The second kappa shape index (κ2) is 3.68. The molecule has 0 aliphatic heterocycles. The molecule has 4 nitrogen and oxygen atoms in total. The van der Waals surface area contributed by atoms with Crippen molar-refractivity contribution in [2.45, 2.75) is 0 Å². The van der Waals surface area contributed by atoms with Gasteiger partial charge in [0.05, 0.1) is 11.0 Å². The highest BCUT2D eigenvalue weighted by Gasteiger charge is 2.05. The predicted octanol–water partition coefficient (Wildman–Crippen LogP) is 2.58. The Hall–Kier alpha value is -1.75. The number of hydrogen-bond acceptors (Lipinski definition) is 3. The van der Waals surface area contributed by atoms with Crippen molar-refractivity contribution in [3.8, 4) is 5.82 Å². The first-order valence-corrected chi connectivity index (χ1v) is 5.53. The molecular formula is C11H7BrN4. The zero-order valence-electron chi connectivity index (χ0n) is 8.21. The lowest BCUT2D eigenvalue weighted by Gasteiger charge is -2.01. The van der Waals surface area contributed by atoms with Crippen LogP contribution in [0.4, 0.5) is 0 Å². The molecule has 2 aromatic heterocycles. The Morgan fingerprint density at radius 1 is 1.12 bits per heavy atom. The van der Waals surface area contributed by atoms with Gasteiger partial charge in [0, 0.05) is 10.7 Å². The summed E-state index contributed by atoms with van der Waals surface area (Å²) in [6.45, 7) is 0. The van der Waals surface area contributed by atoms with Crippen molar-refractivity contribution in [3.05, 3.63) is 47.6 Å². The third-order valence-corrected chi connectivity index (χ3v) is 2.82. The monoisotopic (exact) mass is 274 g/mol. The Balaban J connectivity index is 2.29. The summed E-state index contributed by atoms with van der Waals surface area (Å²) in [5, 5.41) is 0. The number of rotatable bonds is 1. The lowest BCUT2D eigenvalue weighted by Crippen LogP contribution is -1.95. The Morgan fingerprint density at radius 3 is 2.88 bits per heavy atom. The first-order valence-electron chi connectivity index (χ1n) is 4.73. The third-order valence-electron chi connectivity index (χ3n) is 2.32. The minimum absolute atomic E-state index is 0.815. The standard InChI is InChI=1S/C11H7BrN4/c12-8-1-2-9-10(5-8)16(7-15-9)11-3-4-13-6-14-11/h1-7H. The van der Waals surface area contributed by atoms with Crippen LogP contribution in [-0.4, -0.2) is 19.5 Å². The number of fused-ring (bicyclic) bond motifs is 1. The summed E-state index contributed by atoms with van der Waals surface area (Å²) < 4.78 is 2.96. The van der Waals surface area contributed by atoms with E-state index in [0.29, 0.717) is 0 Å². The molecule has 1 aromatic carbocycles. The van der Waals surface area contributed by atoms with Gasteiger partial charge in [0.1, 0.15) is 18.5 Å². The Bertz CT molecular complexity index is 633. The molecule has 0 saturated heterocycles. The highest BCUT2D eigenvalue weighted by molar-refractivity contribution is 9.10. The van der Waals surface area contributed by atoms with Crippen molar-refractivity contribution in [1.29, 1.82) is 0 Å². The van der Waals surface area contributed by atoms with Crippen molar-refractivity contribution in [2.24, 2.45) is 0 Å². The zero-order valence-corrected chi connectivity index (χ0v) is 9.79. The second-order valence-corrected chi connectivity index (χ2v) is 4.23. The Kier molecular flexibility index (Phi) is 2.18.